The Morgan fingerprint density at radius 1 is 1.38 bits per heavy atom. The van der Waals surface area contributed by atoms with Crippen LogP contribution < -0.4 is 5.32 Å². The van der Waals surface area contributed by atoms with Crippen LogP contribution in [0.2, 0.25) is 0 Å². The number of hydrogen-bond donors (Lipinski definition) is 1. The minimum Gasteiger partial charge on any atom is -0.376 e. The van der Waals surface area contributed by atoms with Gasteiger partial charge < -0.3 is 14.8 Å². The van der Waals surface area contributed by atoms with E-state index in [1.165, 1.54) is 19.3 Å². The summed E-state index contributed by atoms with van der Waals surface area (Å²) in [4.78, 5) is 0. The van der Waals surface area contributed by atoms with Crippen molar-refractivity contribution >= 4 is 0 Å². The van der Waals surface area contributed by atoms with Gasteiger partial charge in [-0.15, -0.1) is 0 Å². The van der Waals surface area contributed by atoms with Gasteiger partial charge >= 0.3 is 0 Å². The topological polar surface area (TPSA) is 30.5 Å². The molecule has 0 unspecified atom stereocenters. The summed E-state index contributed by atoms with van der Waals surface area (Å²) in [7, 11) is 0. The van der Waals surface area contributed by atoms with Crippen LogP contribution in [0.25, 0.3) is 0 Å². The highest BCUT2D eigenvalue weighted by Crippen LogP contribution is 2.40. The maximum Gasteiger partial charge on any atom is 0.105 e. The van der Waals surface area contributed by atoms with E-state index in [4.69, 9.17) is 9.47 Å². The highest BCUT2D eigenvalue weighted by atomic mass is 16.6. The molecule has 2 aliphatic rings. The molecule has 1 heterocycles. The van der Waals surface area contributed by atoms with Gasteiger partial charge in [-0.3, -0.25) is 0 Å². The number of ether oxygens (including phenoxy) is 2. The van der Waals surface area contributed by atoms with Crippen LogP contribution in [0.3, 0.4) is 0 Å². The first-order chi connectivity index (χ1) is 7.70. The Hall–Kier alpha value is -0.120. The van der Waals surface area contributed by atoms with Gasteiger partial charge in [0.25, 0.3) is 0 Å². The fourth-order valence-corrected chi connectivity index (χ4v) is 2.34. The molecular weight excluding hydrogens is 202 g/mol. The Kier molecular flexibility index (Phi) is 4.22. The van der Waals surface area contributed by atoms with Gasteiger partial charge in [0, 0.05) is 0 Å². The van der Waals surface area contributed by atoms with Gasteiger partial charge in [0.2, 0.25) is 0 Å². The van der Waals surface area contributed by atoms with Gasteiger partial charge in [-0.1, -0.05) is 13.8 Å². The maximum absolute atomic E-state index is 6.15. The largest absolute Gasteiger partial charge is 0.376 e. The highest BCUT2D eigenvalue weighted by Gasteiger charge is 2.41. The van der Waals surface area contributed by atoms with Crippen molar-refractivity contribution in [2.24, 2.45) is 5.92 Å². The van der Waals surface area contributed by atoms with E-state index in [2.05, 4.69) is 19.2 Å². The van der Waals surface area contributed by atoms with E-state index in [-0.39, 0.29) is 5.60 Å². The zero-order valence-electron chi connectivity index (χ0n) is 10.6. The molecule has 0 atom stereocenters. The lowest BCUT2D eigenvalue weighted by Crippen LogP contribution is -2.50. The molecule has 0 bridgehead atoms. The van der Waals surface area contributed by atoms with Crippen molar-refractivity contribution in [1.29, 1.82) is 0 Å². The molecule has 16 heavy (non-hydrogen) atoms. The van der Waals surface area contributed by atoms with Crippen LogP contribution in [0.1, 0.15) is 39.5 Å². The van der Waals surface area contributed by atoms with Crippen LogP contribution in [0, 0.1) is 5.92 Å². The predicted molar refractivity (Wildman–Crippen MR) is 64.6 cm³/mol. The van der Waals surface area contributed by atoms with Gasteiger partial charge in [-0.05, 0) is 44.7 Å². The molecule has 0 radical (unpaired) electrons. The van der Waals surface area contributed by atoms with Gasteiger partial charge in [-0.25, -0.2) is 0 Å². The van der Waals surface area contributed by atoms with Crippen molar-refractivity contribution in [3.8, 4) is 0 Å². The summed E-state index contributed by atoms with van der Waals surface area (Å²) in [6.07, 6.45) is 5.36. The number of rotatable bonds is 7. The third kappa shape index (κ3) is 3.19. The normalized spacial score (nSPS) is 24.2. The van der Waals surface area contributed by atoms with E-state index in [0.717, 1.165) is 38.6 Å². The molecular formula is C13H25NO2. The number of hydrogen-bond acceptors (Lipinski definition) is 3. The van der Waals surface area contributed by atoms with Crippen molar-refractivity contribution in [2.75, 3.05) is 26.3 Å². The monoisotopic (exact) mass is 227 g/mol. The SMILES string of the molecule is CC(C)CNCCC1(OC2COC2)CCC1. The fourth-order valence-electron chi connectivity index (χ4n) is 2.34. The van der Waals surface area contributed by atoms with Crippen molar-refractivity contribution in [2.45, 2.75) is 51.2 Å². The highest BCUT2D eigenvalue weighted by molar-refractivity contribution is 4.92. The summed E-state index contributed by atoms with van der Waals surface area (Å²) >= 11 is 0. The van der Waals surface area contributed by atoms with Gasteiger partial charge in [0.15, 0.2) is 0 Å². The molecule has 1 saturated carbocycles. The third-order valence-electron chi connectivity index (χ3n) is 3.60. The molecule has 0 aromatic rings. The Balaban J connectivity index is 1.63. The zero-order valence-corrected chi connectivity index (χ0v) is 10.6. The second-order valence-corrected chi connectivity index (χ2v) is 5.66. The average molecular weight is 227 g/mol. The Bertz CT molecular complexity index is 210. The second-order valence-electron chi connectivity index (χ2n) is 5.66. The lowest BCUT2D eigenvalue weighted by Gasteiger charge is -2.46. The minimum absolute atomic E-state index is 0.193. The molecule has 0 amide bonds. The van der Waals surface area contributed by atoms with Crippen molar-refractivity contribution < 1.29 is 9.47 Å². The third-order valence-corrected chi connectivity index (χ3v) is 3.60. The summed E-state index contributed by atoms with van der Waals surface area (Å²) < 4.78 is 11.3. The van der Waals surface area contributed by atoms with Crippen LogP contribution in [-0.2, 0) is 9.47 Å². The quantitative estimate of drug-likeness (QED) is 0.674. The molecule has 2 fully saturated rings. The molecule has 0 spiro atoms. The van der Waals surface area contributed by atoms with E-state index < -0.39 is 0 Å². The van der Waals surface area contributed by atoms with Crippen LogP contribution in [0.4, 0.5) is 0 Å². The van der Waals surface area contributed by atoms with E-state index in [1.807, 2.05) is 0 Å². The first-order valence-corrected chi connectivity index (χ1v) is 6.66. The van der Waals surface area contributed by atoms with Crippen molar-refractivity contribution in [3.63, 3.8) is 0 Å². The molecule has 3 heteroatoms. The molecule has 0 aromatic carbocycles. The van der Waals surface area contributed by atoms with E-state index >= 15 is 0 Å². The fraction of sp³-hybridized carbons (Fsp3) is 1.00. The van der Waals surface area contributed by atoms with Gasteiger partial charge in [-0.2, -0.15) is 0 Å². The predicted octanol–water partition coefficient (Wildman–Crippen LogP) is 1.96. The summed E-state index contributed by atoms with van der Waals surface area (Å²) in [5.41, 5.74) is 0.193. The molecule has 1 N–H and O–H groups in total. The summed E-state index contributed by atoms with van der Waals surface area (Å²) in [5, 5.41) is 3.51. The molecule has 2 rings (SSSR count). The van der Waals surface area contributed by atoms with Crippen LogP contribution >= 0.6 is 0 Å². The van der Waals surface area contributed by atoms with Gasteiger partial charge in [0.05, 0.1) is 18.8 Å². The standard InChI is InChI=1S/C13H25NO2/c1-11(2)8-14-7-6-13(4-3-5-13)16-12-9-15-10-12/h11-12,14H,3-10H2,1-2H3. The second kappa shape index (κ2) is 5.48. The molecule has 1 saturated heterocycles. The van der Waals surface area contributed by atoms with Crippen LogP contribution in [0.15, 0.2) is 0 Å². The maximum atomic E-state index is 6.15. The smallest absolute Gasteiger partial charge is 0.105 e. The molecule has 94 valence electrons. The zero-order chi connectivity index (χ0) is 11.4. The van der Waals surface area contributed by atoms with E-state index in [9.17, 15) is 0 Å². The summed E-state index contributed by atoms with van der Waals surface area (Å²) in [5.74, 6) is 0.735. The number of nitrogens with one attached hydrogen (secondary N) is 1. The van der Waals surface area contributed by atoms with Gasteiger partial charge in [0.1, 0.15) is 6.10 Å². The van der Waals surface area contributed by atoms with E-state index in [1.54, 1.807) is 0 Å². The van der Waals surface area contributed by atoms with E-state index in [0.29, 0.717) is 6.10 Å². The van der Waals surface area contributed by atoms with Crippen LogP contribution in [-0.4, -0.2) is 38.0 Å². The Morgan fingerprint density at radius 2 is 2.12 bits per heavy atom. The minimum atomic E-state index is 0.193. The van der Waals surface area contributed by atoms with Crippen molar-refractivity contribution in [3.05, 3.63) is 0 Å². The molecule has 1 aliphatic heterocycles. The summed E-state index contributed by atoms with van der Waals surface area (Å²) in [6.45, 7) is 8.30. The first-order valence-electron chi connectivity index (χ1n) is 6.66. The van der Waals surface area contributed by atoms with Crippen LogP contribution in [0.5, 0.6) is 0 Å². The molecule has 1 aliphatic carbocycles. The average Bonchev–Trinajstić information content (AvgIpc) is 2.11. The Morgan fingerprint density at radius 3 is 2.56 bits per heavy atom. The first kappa shape index (κ1) is 12.3. The lowest BCUT2D eigenvalue weighted by molar-refractivity contribution is -0.217. The molecule has 0 aromatic heterocycles. The van der Waals surface area contributed by atoms with Crippen molar-refractivity contribution in [1.82, 2.24) is 5.32 Å². The lowest BCUT2D eigenvalue weighted by atomic mass is 9.77. The Labute approximate surface area is 98.9 Å². The summed E-state index contributed by atoms with van der Waals surface area (Å²) in [6, 6.07) is 0. The molecule has 3 nitrogen and oxygen atoms in total.